The summed E-state index contributed by atoms with van der Waals surface area (Å²) in [7, 11) is 0. The van der Waals surface area contributed by atoms with Crippen LogP contribution >= 0.6 is 11.6 Å². The van der Waals surface area contributed by atoms with Crippen molar-refractivity contribution in [2.24, 2.45) is 0 Å². The number of imidazole rings is 1. The maximum atomic E-state index is 13.0. The number of anilines is 1. The smallest absolute Gasteiger partial charge is 0.321 e. The van der Waals surface area contributed by atoms with Gasteiger partial charge in [0.2, 0.25) is 11.5 Å². The molecule has 3 heterocycles. The number of aryl methyl sites for hydroxylation is 1. The Morgan fingerprint density at radius 3 is 2.27 bits per heavy atom. The minimum absolute atomic E-state index is 0.0216. The molecule has 2 saturated heterocycles. The van der Waals surface area contributed by atoms with E-state index >= 15 is 0 Å². The van der Waals surface area contributed by atoms with Crippen LogP contribution in [0.15, 0.2) is 110 Å². The summed E-state index contributed by atoms with van der Waals surface area (Å²) in [6.07, 6.45) is 6.77. The van der Waals surface area contributed by atoms with Crippen molar-refractivity contribution in [2.75, 3.05) is 44.3 Å². The second-order valence-corrected chi connectivity index (χ2v) is 14.4. The van der Waals surface area contributed by atoms with E-state index in [0.717, 1.165) is 28.9 Å². The standard InChI is InChI=1S/C34H31N8O12.C7H7Cl/c43-28-8-9-29(44)34-25(28)2-1-3-30(34)53-31-17-32(27(41(47)48)16-26(31)40(45)46)54-36-42(49)39-14-12-38(13-15-39)22-4-6-23(7-5-22)50-19-24-20-51-33(52-24)18-37-11-10-35-21-37;1-6-3-2-4-7(8)5-6/h1-11,16-17,21,24,33H,12-15,18-20H2,(H,36,49);2-5H,1H3/q+1;. The summed E-state index contributed by atoms with van der Waals surface area (Å²) in [6, 6.07) is 20.8. The summed E-state index contributed by atoms with van der Waals surface area (Å²) in [5.41, 5.74) is 2.43. The molecule has 62 heavy (non-hydrogen) atoms. The number of fused-ring (bicyclic) bond motifs is 1. The highest BCUT2D eigenvalue weighted by Crippen LogP contribution is 2.42. The van der Waals surface area contributed by atoms with Gasteiger partial charge >= 0.3 is 11.4 Å². The van der Waals surface area contributed by atoms with Crippen LogP contribution in [0.5, 0.6) is 23.0 Å². The number of carbonyl (C=O) groups is 2. The maximum absolute atomic E-state index is 13.0. The Kier molecular flexibility index (Phi) is 13.3. The molecule has 2 atom stereocenters. The van der Waals surface area contributed by atoms with Crippen LogP contribution in [-0.2, 0) is 16.0 Å². The van der Waals surface area contributed by atoms with Gasteiger partial charge in [0.15, 0.2) is 17.9 Å². The Morgan fingerprint density at radius 1 is 0.871 bits per heavy atom. The second kappa shape index (κ2) is 19.3. The number of nitrogens with zero attached hydrogens (tertiary/aromatic N) is 7. The molecule has 0 amide bonds. The molecule has 20 nitrogen and oxygen atoms in total. The molecule has 0 bridgehead atoms. The molecule has 0 radical (unpaired) electrons. The van der Waals surface area contributed by atoms with E-state index in [1.54, 1.807) is 12.5 Å². The Bertz CT molecular complexity index is 2480. The van der Waals surface area contributed by atoms with Crippen molar-refractivity contribution >= 4 is 40.2 Å². The molecular formula is C41H38ClN8O12+. The molecule has 3 aliphatic rings. The number of allylic oxidation sites excluding steroid dienone is 2. The first-order chi connectivity index (χ1) is 29.9. The number of hydrogen-bond donors (Lipinski definition) is 1. The van der Waals surface area contributed by atoms with Gasteiger partial charge in [-0.05, 0) is 67.1 Å². The van der Waals surface area contributed by atoms with Gasteiger partial charge in [-0.2, -0.15) is 0 Å². The van der Waals surface area contributed by atoms with Crippen molar-refractivity contribution in [2.45, 2.75) is 25.9 Å². The lowest BCUT2D eigenvalue weighted by Gasteiger charge is -2.31. The lowest BCUT2D eigenvalue weighted by atomic mass is 9.94. The summed E-state index contributed by atoms with van der Waals surface area (Å²) in [4.78, 5) is 71.4. The Morgan fingerprint density at radius 2 is 1.60 bits per heavy atom. The van der Waals surface area contributed by atoms with Crippen LogP contribution in [0.4, 0.5) is 17.1 Å². The third kappa shape index (κ3) is 10.5. The fourth-order valence-corrected chi connectivity index (χ4v) is 6.84. The Labute approximate surface area is 357 Å². The van der Waals surface area contributed by atoms with E-state index in [2.05, 4.69) is 15.5 Å². The normalized spacial score (nSPS) is 16.8. The SMILES string of the molecule is Cc1cccc(Cl)c1.O=C1C=CC(=O)c2c(Oc3cc(ON[N+](=O)N4CCN(c5ccc(OCC6COC(Cn7ccnc7)O6)cc5)CC4)c([N+](=O)[O-])cc3[N+](=O)[O-])cccc21. The molecule has 5 aromatic rings. The molecule has 1 aromatic heterocycles. The number of nitrogens with one attached hydrogen (secondary N) is 1. The zero-order chi connectivity index (χ0) is 43.8. The monoisotopic (exact) mass is 869 g/mol. The van der Waals surface area contributed by atoms with E-state index in [-0.39, 0.29) is 47.3 Å². The number of nitro benzene ring substituents is 2. The number of rotatable bonds is 14. The van der Waals surface area contributed by atoms with Gasteiger partial charge in [-0.1, -0.05) is 35.9 Å². The van der Waals surface area contributed by atoms with Gasteiger partial charge in [0.05, 0.1) is 58.5 Å². The number of nitro groups is 2. The van der Waals surface area contributed by atoms with Gasteiger partial charge in [-0.25, -0.2) is 4.98 Å². The van der Waals surface area contributed by atoms with Gasteiger partial charge in [0.25, 0.3) is 4.98 Å². The van der Waals surface area contributed by atoms with Crippen LogP contribution in [0.1, 0.15) is 26.3 Å². The fraction of sp³-hybridized carbons (Fsp3) is 0.244. The topological polar surface area (TPSA) is 223 Å². The van der Waals surface area contributed by atoms with Gasteiger partial charge < -0.3 is 33.3 Å². The van der Waals surface area contributed by atoms with Crippen LogP contribution in [-0.4, -0.2) is 92.7 Å². The van der Waals surface area contributed by atoms with Crippen LogP contribution < -0.4 is 24.8 Å². The highest BCUT2D eigenvalue weighted by Gasteiger charge is 2.33. The molecule has 8 rings (SSSR count). The summed E-state index contributed by atoms with van der Waals surface area (Å²) in [5, 5.41) is 25.9. The lowest BCUT2D eigenvalue weighted by molar-refractivity contribution is -0.781. The van der Waals surface area contributed by atoms with E-state index in [9.17, 15) is 34.7 Å². The van der Waals surface area contributed by atoms with Crippen LogP contribution in [0.3, 0.4) is 0 Å². The van der Waals surface area contributed by atoms with Crippen molar-refractivity contribution in [3.8, 4) is 23.0 Å². The minimum Gasteiger partial charge on any atom is -0.491 e. The fourth-order valence-electron chi connectivity index (χ4n) is 6.59. The first kappa shape index (κ1) is 42.7. The van der Waals surface area contributed by atoms with Gasteiger partial charge in [0, 0.05) is 47.8 Å². The quantitative estimate of drug-likeness (QED) is 0.0744. The van der Waals surface area contributed by atoms with E-state index in [1.165, 1.54) is 28.8 Å². The molecule has 1 N–H and O–H groups in total. The third-order valence-corrected chi connectivity index (χ3v) is 9.91. The summed E-state index contributed by atoms with van der Waals surface area (Å²) in [6.45, 7) is 4.67. The van der Waals surface area contributed by atoms with Gasteiger partial charge in [-0.15, -0.1) is 5.01 Å². The summed E-state index contributed by atoms with van der Waals surface area (Å²) < 4.78 is 25.1. The number of halogens is 1. The number of nitroso groups, excluding NO2 is 1. The van der Waals surface area contributed by atoms with Crippen LogP contribution in [0, 0.1) is 32.1 Å². The van der Waals surface area contributed by atoms with Crippen LogP contribution in [0.2, 0.25) is 5.02 Å². The molecule has 2 unspecified atom stereocenters. The average molecular weight is 870 g/mol. The number of benzene rings is 4. The number of ether oxygens (including phenoxy) is 4. The van der Waals surface area contributed by atoms with E-state index in [1.807, 2.05) is 66.2 Å². The number of carbonyl (C=O) groups excluding carboxylic acids is 2. The molecule has 0 spiro atoms. The summed E-state index contributed by atoms with van der Waals surface area (Å²) in [5.74, 6) is -1.71. The van der Waals surface area contributed by atoms with Crippen molar-refractivity contribution in [3.05, 3.63) is 157 Å². The number of piperazine rings is 1. The van der Waals surface area contributed by atoms with Crippen molar-refractivity contribution in [3.63, 3.8) is 0 Å². The number of hydrogen-bond acceptors (Lipinski definition) is 14. The van der Waals surface area contributed by atoms with E-state index in [0.29, 0.717) is 44.7 Å². The van der Waals surface area contributed by atoms with E-state index < -0.39 is 44.3 Å². The molecule has 320 valence electrons. The Balaban J connectivity index is 0.000000650. The number of aromatic nitrogens is 2. The Hall–Kier alpha value is -7.42. The lowest BCUT2D eigenvalue weighted by Crippen LogP contribution is -2.53. The van der Waals surface area contributed by atoms with Gasteiger partial charge in [0.1, 0.15) is 30.3 Å². The summed E-state index contributed by atoms with van der Waals surface area (Å²) >= 11 is 5.64. The third-order valence-electron chi connectivity index (χ3n) is 9.67. The van der Waals surface area contributed by atoms with E-state index in [4.69, 9.17) is 35.4 Å². The predicted molar refractivity (Wildman–Crippen MR) is 220 cm³/mol. The van der Waals surface area contributed by atoms with Gasteiger partial charge in [-0.3, -0.25) is 29.8 Å². The predicted octanol–water partition coefficient (Wildman–Crippen LogP) is 6.21. The molecule has 4 aromatic carbocycles. The number of ketones is 2. The zero-order valence-electron chi connectivity index (χ0n) is 32.9. The average Bonchev–Trinajstić information content (AvgIpc) is 3.96. The molecule has 1 aliphatic carbocycles. The largest absolute Gasteiger partial charge is 0.491 e. The molecule has 2 aliphatic heterocycles. The first-order valence-electron chi connectivity index (χ1n) is 19.0. The molecule has 2 fully saturated rings. The van der Waals surface area contributed by atoms with Crippen molar-refractivity contribution in [1.82, 2.24) is 20.1 Å². The molecule has 0 saturated carbocycles. The number of hydrazine groups is 2. The highest BCUT2D eigenvalue weighted by atomic mass is 35.5. The van der Waals surface area contributed by atoms with Crippen LogP contribution in [0.25, 0.3) is 0 Å². The minimum atomic E-state index is -0.924. The molecular weight excluding hydrogens is 832 g/mol. The first-order valence-corrected chi connectivity index (χ1v) is 19.4. The van der Waals surface area contributed by atoms with Crippen molar-refractivity contribution < 1.29 is 48.2 Å². The highest BCUT2D eigenvalue weighted by molar-refractivity contribution is 6.30. The zero-order valence-corrected chi connectivity index (χ0v) is 33.7. The maximum Gasteiger partial charge on any atom is 0.321 e. The second-order valence-electron chi connectivity index (χ2n) is 13.9. The molecule has 21 heteroatoms. The van der Waals surface area contributed by atoms with Crippen molar-refractivity contribution in [1.29, 1.82) is 0 Å².